The van der Waals surface area contributed by atoms with Crippen LogP contribution < -0.4 is 5.32 Å². The van der Waals surface area contributed by atoms with Crippen molar-refractivity contribution in [3.8, 4) is 0 Å². The molecule has 1 aliphatic heterocycles. The summed E-state index contributed by atoms with van der Waals surface area (Å²) in [5.74, 6) is 1.69. The second kappa shape index (κ2) is 6.19. The van der Waals surface area contributed by atoms with E-state index in [9.17, 15) is 0 Å². The van der Waals surface area contributed by atoms with Gasteiger partial charge in [-0.05, 0) is 44.6 Å². The molecule has 1 saturated carbocycles. The lowest BCUT2D eigenvalue weighted by molar-refractivity contribution is 0.146. The van der Waals surface area contributed by atoms with Crippen molar-refractivity contribution in [1.29, 1.82) is 0 Å². The molecule has 0 bridgehead atoms. The summed E-state index contributed by atoms with van der Waals surface area (Å²) in [6, 6.07) is 1.62. The molecule has 2 heteroatoms. The van der Waals surface area contributed by atoms with Crippen LogP contribution in [-0.2, 0) is 0 Å². The van der Waals surface area contributed by atoms with Gasteiger partial charge in [0.1, 0.15) is 0 Å². The van der Waals surface area contributed by atoms with Gasteiger partial charge in [0.25, 0.3) is 0 Å². The molecule has 17 heavy (non-hydrogen) atoms. The van der Waals surface area contributed by atoms with Crippen molar-refractivity contribution in [3.05, 3.63) is 0 Å². The van der Waals surface area contributed by atoms with Gasteiger partial charge in [-0.3, -0.25) is 4.90 Å². The predicted octanol–water partition coefficient (Wildman–Crippen LogP) is 2.89. The first-order chi connectivity index (χ1) is 8.16. The Labute approximate surface area is 107 Å². The second-order valence-corrected chi connectivity index (χ2v) is 6.58. The van der Waals surface area contributed by atoms with E-state index < -0.39 is 0 Å². The number of hydrogen-bond acceptors (Lipinski definition) is 2. The lowest BCUT2D eigenvalue weighted by atomic mass is 9.99. The molecule has 100 valence electrons. The van der Waals surface area contributed by atoms with E-state index in [1.807, 2.05) is 0 Å². The quantitative estimate of drug-likeness (QED) is 0.792. The molecule has 0 aromatic rings. The molecule has 1 heterocycles. The lowest BCUT2D eigenvalue weighted by Gasteiger charge is -2.33. The maximum Gasteiger partial charge on any atom is 0.00954 e. The largest absolute Gasteiger partial charge is 0.314 e. The van der Waals surface area contributed by atoms with Crippen LogP contribution in [0.5, 0.6) is 0 Å². The van der Waals surface area contributed by atoms with Gasteiger partial charge in [0, 0.05) is 25.2 Å². The van der Waals surface area contributed by atoms with E-state index in [0.29, 0.717) is 0 Å². The van der Waals surface area contributed by atoms with Gasteiger partial charge in [-0.2, -0.15) is 0 Å². The highest BCUT2D eigenvalue weighted by atomic mass is 15.2. The van der Waals surface area contributed by atoms with Crippen molar-refractivity contribution in [2.75, 3.05) is 19.6 Å². The van der Waals surface area contributed by atoms with Crippen LogP contribution in [0.25, 0.3) is 0 Å². The molecule has 0 amide bonds. The van der Waals surface area contributed by atoms with Gasteiger partial charge >= 0.3 is 0 Å². The van der Waals surface area contributed by atoms with Crippen LogP contribution in [-0.4, -0.2) is 36.6 Å². The molecule has 0 radical (unpaired) electrons. The first kappa shape index (κ1) is 13.4. The number of hydrogen-bond donors (Lipinski definition) is 1. The zero-order valence-electron chi connectivity index (χ0n) is 11.9. The fourth-order valence-electron chi connectivity index (χ4n) is 3.57. The van der Waals surface area contributed by atoms with Gasteiger partial charge in [0.05, 0.1) is 0 Å². The molecule has 1 aliphatic carbocycles. The first-order valence-electron chi connectivity index (χ1n) is 7.64. The summed E-state index contributed by atoms with van der Waals surface area (Å²) in [6.07, 6.45) is 7.18. The Bertz CT molecular complexity index is 221. The number of nitrogens with one attached hydrogen (secondary N) is 1. The van der Waals surface area contributed by atoms with Crippen molar-refractivity contribution >= 4 is 0 Å². The van der Waals surface area contributed by atoms with E-state index in [4.69, 9.17) is 0 Å². The van der Waals surface area contributed by atoms with Crippen LogP contribution in [0.4, 0.5) is 0 Å². The Kier molecular flexibility index (Phi) is 4.87. The first-order valence-corrected chi connectivity index (χ1v) is 7.64. The van der Waals surface area contributed by atoms with E-state index >= 15 is 0 Å². The topological polar surface area (TPSA) is 15.3 Å². The maximum absolute atomic E-state index is 3.59. The standard InChI is InChI=1S/C15H30N2/c1-12(2)10-17(15-6-4-5-7-15)11-14-8-9-16-13(14)3/h12-16H,4-11H2,1-3H3. The van der Waals surface area contributed by atoms with Crippen LogP contribution >= 0.6 is 0 Å². The summed E-state index contributed by atoms with van der Waals surface area (Å²) in [5, 5.41) is 3.59. The Morgan fingerprint density at radius 2 is 1.88 bits per heavy atom. The molecule has 0 spiro atoms. The Morgan fingerprint density at radius 1 is 1.18 bits per heavy atom. The molecule has 2 unspecified atom stereocenters. The van der Waals surface area contributed by atoms with Crippen LogP contribution in [0.3, 0.4) is 0 Å². The van der Waals surface area contributed by atoms with Gasteiger partial charge in [0.15, 0.2) is 0 Å². The zero-order valence-corrected chi connectivity index (χ0v) is 11.9. The minimum Gasteiger partial charge on any atom is -0.314 e. The van der Waals surface area contributed by atoms with Crippen LogP contribution in [0.2, 0.25) is 0 Å². The molecule has 1 saturated heterocycles. The summed E-state index contributed by atoms with van der Waals surface area (Å²) in [6.45, 7) is 10.9. The zero-order chi connectivity index (χ0) is 12.3. The van der Waals surface area contributed by atoms with E-state index in [1.165, 1.54) is 51.7 Å². The summed E-state index contributed by atoms with van der Waals surface area (Å²) in [4.78, 5) is 2.81. The molecule has 2 nitrogen and oxygen atoms in total. The molecule has 0 aromatic carbocycles. The highest BCUT2D eigenvalue weighted by Crippen LogP contribution is 2.27. The predicted molar refractivity (Wildman–Crippen MR) is 74.2 cm³/mol. The Hall–Kier alpha value is -0.0800. The Balaban J connectivity index is 1.89. The third kappa shape index (κ3) is 3.69. The summed E-state index contributed by atoms with van der Waals surface area (Å²) in [5.41, 5.74) is 0. The number of nitrogens with zero attached hydrogens (tertiary/aromatic N) is 1. The van der Waals surface area contributed by atoms with Crippen molar-refractivity contribution in [1.82, 2.24) is 10.2 Å². The molecular weight excluding hydrogens is 208 g/mol. The third-order valence-electron chi connectivity index (χ3n) is 4.60. The fraction of sp³-hybridized carbons (Fsp3) is 1.00. The van der Waals surface area contributed by atoms with E-state index in [-0.39, 0.29) is 0 Å². The van der Waals surface area contributed by atoms with Crippen molar-refractivity contribution < 1.29 is 0 Å². The minimum absolute atomic E-state index is 0.728. The minimum atomic E-state index is 0.728. The molecule has 0 aromatic heterocycles. The SMILES string of the molecule is CC(C)CN(CC1CCNC1C)C1CCCC1. The summed E-state index contributed by atoms with van der Waals surface area (Å²) >= 11 is 0. The molecule has 2 rings (SSSR count). The van der Waals surface area contributed by atoms with Crippen LogP contribution in [0, 0.1) is 11.8 Å². The fourth-order valence-corrected chi connectivity index (χ4v) is 3.57. The maximum atomic E-state index is 3.59. The van der Waals surface area contributed by atoms with Crippen LogP contribution in [0.1, 0.15) is 52.9 Å². The van der Waals surface area contributed by atoms with Gasteiger partial charge in [-0.1, -0.05) is 26.7 Å². The normalized spacial score (nSPS) is 30.9. The summed E-state index contributed by atoms with van der Waals surface area (Å²) < 4.78 is 0. The van der Waals surface area contributed by atoms with E-state index in [1.54, 1.807) is 0 Å². The van der Waals surface area contributed by atoms with Crippen LogP contribution in [0.15, 0.2) is 0 Å². The average Bonchev–Trinajstić information content (AvgIpc) is 2.89. The van der Waals surface area contributed by atoms with Gasteiger partial charge in [-0.15, -0.1) is 0 Å². The van der Waals surface area contributed by atoms with Crippen molar-refractivity contribution in [2.24, 2.45) is 11.8 Å². The lowest BCUT2D eigenvalue weighted by Crippen LogP contribution is -2.41. The molecular formula is C15H30N2. The molecule has 2 aliphatic rings. The second-order valence-electron chi connectivity index (χ2n) is 6.58. The van der Waals surface area contributed by atoms with Gasteiger partial charge < -0.3 is 5.32 Å². The summed E-state index contributed by atoms with van der Waals surface area (Å²) in [7, 11) is 0. The third-order valence-corrected chi connectivity index (χ3v) is 4.60. The van der Waals surface area contributed by atoms with E-state index in [0.717, 1.165) is 23.9 Å². The molecule has 2 atom stereocenters. The Morgan fingerprint density at radius 3 is 2.41 bits per heavy atom. The average molecular weight is 238 g/mol. The van der Waals surface area contributed by atoms with Gasteiger partial charge in [0.2, 0.25) is 0 Å². The van der Waals surface area contributed by atoms with E-state index in [2.05, 4.69) is 31.0 Å². The highest BCUT2D eigenvalue weighted by molar-refractivity contribution is 4.86. The van der Waals surface area contributed by atoms with Crippen molar-refractivity contribution in [2.45, 2.75) is 65.0 Å². The van der Waals surface area contributed by atoms with Crippen molar-refractivity contribution in [3.63, 3.8) is 0 Å². The smallest absolute Gasteiger partial charge is 0.00954 e. The molecule has 1 N–H and O–H groups in total. The van der Waals surface area contributed by atoms with Gasteiger partial charge in [-0.25, -0.2) is 0 Å². The molecule has 2 fully saturated rings. The monoisotopic (exact) mass is 238 g/mol. The number of rotatable bonds is 5. The highest BCUT2D eigenvalue weighted by Gasteiger charge is 2.29.